The van der Waals surface area contributed by atoms with Gasteiger partial charge in [-0.3, -0.25) is 20.2 Å². The van der Waals surface area contributed by atoms with Crippen LogP contribution in [0.2, 0.25) is 0 Å². The number of amides is 6. The number of carbonyl (C=O) groups is 4. The summed E-state index contributed by atoms with van der Waals surface area (Å²) in [7, 11) is -4.38. The van der Waals surface area contributed by atoms with Gasteiger partial charge in [0.05, 0.1) is 0 Å². The van der Waals surface area contributed by atoms with E-state index in [-0.39, 0.29) is 0 Å². The van der Waals surface area contributed by atoms with Crippen molar-refractivity contribution in [2.75, 3.05) is 13.1 Å². The van der Waals surface area contributed by atoms with Gasteiger partial charge < -0.3 is 10.6 Å². The number of hydrogen-bond acceptors (Lipinski definition) is 6. The average Bonchev–Trinajstić information content (AvgIpc) is 2.38. The van der Waals surface area contributed by atoms with E-state index in [2.05, 4.69) is 10.6 Å². The number of nitrogens with one attached hydrogen (secondary N) is 4. The molecule has 10 nitrogen and oxygen atoms in total. The van der Waals surface area contributed by atoms with E-state index in [1.807, 2.05) is 10.6 Å². The highest BCUT2D eigenvalue weighted by Crippen LogP contribution is 2.32. The molecule has 0 aromatic rings. The van der Waals surface area contributed by atoms with Crippen molar-refractivity contribution in [3.63, 3.8) is 0 Å². The Labute approximate surface area is 119 Å². The molecule has 6 amide bonds. The Morgan fingerprint density at radius 1 is 0.810 bits per heavy atom. The molecule has 0 saturated carbocycles. The quantitative estimate of drug-likeness (QED) is 0.445. The number of hydrogen-bond donors (Lipinski definition) is 4. The standard InChI is InChI=1S/C10H14N4O6S/c1-9(3-11-7(17)13-5(9)15)21(19,20)10(2)4-12-8(18)14-6(10)16/h3-4H2,1-2H3,(H2,11,13,15,17)(H2,12,14,16,18). The molecule has 0 bridgehead atoms. The van der Waals surface area contributed by atoms with Gasteiger partial charge >= 0.3 is 12.1 Å². The molecular weight excluding hydrogens is 304 g/mol. The number of sulfone groups is 1. The highest BCUT2D eigenvalue weighted by atomic mass is 32.2. The molecule has 0 spiro atoms. The van der Waals surface area contributed by atoms with E-state index in [0.29, 0.717) is 0 Å². The highest BCUT2D eigenvalue weighted by molar-refractivity contribution is 7.95. The van der Waals surface area contributed by atoms with Crippen LogP contribution in [0.1, 0.15) is 13.8 Å². The van der Waals surface area contributed by atoms with Crippen molar-refractivity contribution in [1.29, 1.82) is 0 Å². The molecule has 2 saturated heterocycles. The Morgan fingerprint density at radius 3 is 1.43 bits per heavy atom. The molecule has 0 radical (unpaired) electrons. The van der Waals surface area contributed by atoms with Gasteiger partial charge in [-0.1, -0.05) is 0 Å². The zero-order valence-corrected chi connectivity index (χ0v) is 12.1. The van der Waals surface area contributed by atoms with Gasteiger partial charge in [0.1, 0.15) is 0 Å². The first-order valence-corrected chi connectivity index (χ1v) is 7.46. The third-order valence-corrected chi connectivity index (χ3v) is 6.81. The maximum atomic E-state index is 12.8. The van der Waals surface area contributed by atoms with Crippen LogP contribution in [0.25, 0.3) is 0 Å². The van der Waals surface area contributed by atoms with Crippen molar-refractivity contribution < 1.29 is 27.6 Å². The molecule has 2 atom stereocenters. The largest absolute Gasteiger partial charge is 0.336 e. The highest BCUT2D eigenvalue weighted by Gasteiger charge is 2.61. The Kier molecular flexibility index (Phi) is 3.20. The Morgan fingerprint density at radius 2 is 1.14 bits per heavy atom. The van der Waals surface area contributed by atoms with Crippen molar-refractivity contribution in [3.05, 3.63) is 0 Å². The lowest BCUT2D eigenvalue weighted by Gasteiger charge is -2.40. The summed E-state index contributed by atoms with van der Waals surface area (Å²) in [6.45, 7) is 1.31. The van der Waals surface area contributed by atoms with Crippen LogP contribution in [-0.2, 0) is 19.4 Å². The summed E-state index contributed by atoms with van der Waals surface area (Å²) in [5.41, 5.74) is 0. The predicted molar refractivity (Wildman–Crippen MR) is 68.8 cm³/mol. The zero-order chi connectivity index (χ0) is 16.1. The minimum atomic E-state index is -4.38. The number of rotatable bonds is 2. The minimum absolute atomic E-state index is 0.461. The Balaban J connectivity index is 2.46. The number of carbonyl (C=O) groups excluding carboxylic acids is 4. The molecule has 2 aliphatic heterocycles. The van der Waals surface area contributed by atoms with Crippen molar-refractivity contribution in [3.8, 4) is 0 Å². The smallest absolute Gasteiger partial charge is 0.321 e. The van der Waals surface area contributed by atoms with Crippen LogP contribution in [0.5, 0.6) is 0 Å². The van der Waals surface area contributed by atoms with Crippen LogP contribution in [0.15, 0.2) is 0 Å². The van der Waals surface area contributed by atoms with Crippen LogP contribution in [0.4, 0.5) is 9.59 Å². The fourth-order valence-corrected chi connectivity index (χ4v) is 4.26. The molecule has 2 fully saturated rings. The van der Waals surface area contributed by atoms with Crippen molar-refractivity contribution in [2.45, 2.75) is 23.3 Å². The molecule has 4 N–H and O–H groups in total. The lowest BCUT2D eigenvalue weighted by Crippen LogP contribution is -2.73. The first-order valence-electron chi connectivity index (χ1n) is 5.97. The molecule has 0 aliphatic carbocycles. The summed E-state index contributed by atoms with van der Waals surface area (Å²) in [4.78, 5) is 46.1. The second-order valence-corrected chi connectivity index (χ2v) is 8.05. The van der Waals surface area contributed by atoms with Crippen LogP contribution < -0.4 is 21.3 Å². The lowest BCUT2D eigenvalue weighted by atomic mass is 10.1. The van der Waals surface area contributed by atoms with E-state index in [1.165, 1.54) is 0 Å². The molecule has 2 aliphatic rings. The first-order chi connectivity index (χ1) is 9.54. The van der Waals surface area contributed by atoms with E-state index >= 15 is 0 Å². The monoisotopic (exact) mass is 318 g/mol. The zero-order valence-electron chi connectivity index (χ0n) is 11.3. The van der Waals surface area contributed by atoms with Crippen LogP contribution in [-0.4, -0.2) is 54.9 Å². The second kappa shape index (κ2) is 4.41. The molecule has 11 heteroatoms. The second-order valence-electron chi connectivity index (χ2n) is 5.24. The van der Waals surface area contributed by atoms with Crippen LogP contribution >= 0.6 is 0 Å². The molecule has 2 unspecified atom stereocenters. The van der Waals surface area contributed by atoms with Gasteiger partial charge in [0, 0.05) is 13.1 Å². The van der Waals surface area contributed by atoms with Gasteiger partial charge in [0.15, 0.2) is 19.3 Å². The first kappa shape index (κ1) is 15.2. The Hall–Kier alpha value is -2.17. The fraction of sp³-hybridized carbons (Fsp3) is 0.600. The number of urea groups is 2. The van der Waals surface area contributed by atoms with Crippen molar-refractivity contribution >= 4 is 33.7 Å². The van der Waals surface area contributed by atoms with E-state index in [0.717, 1.165) is 13.8 Å². The fourth-order valence-electron chi connectivity index (χ4n) is 2.15. The third kappa shape index (κ3) is 1.95. The van der Waals surface area contributed by atoms with Crippen LogP contribution in [0, 0.1) is 0 Å². The SMILES string of the molecule is CC1(S(=O)(=O)C2(C)CNC(=O)NC2=O)CNC(=O)NC1=O. The third-order valence-electron chi connectivity index (χ3n) is 3.77. The predicted octanol–water partition coefficient (Wildman–Crippen LogP) is -2.40. The topological polar surface area (TPSA) is 151 Å². The summed E-state index contributed by atoms with van der Waals surface area (Å²) >= 11 is 0. The molecule has 2 rings (SSSR count). The molecule has 2 heterocycles. The molecule has 0 aromatic heterocycles. The summed E-state index contributed by atoms with van der Waals surface area (Å²) < 4.78 is 21.6. The molecular formula is C10H14N4O6S. The van der Waals surface area contributed by atoms with Gasteiger partial charge in [0.25, 0.3) is 11.8 Å². The molecule has 116 valence electrons. The van der Waals surface area contributed by atoms with Gasteiger partial charge in [-0.05, 0) is 13.8 Å². The van der Waals surface area contributed by atoms with E-state index in [4.69, 9.17) is 0 Å². The minimum Gasteiger partial charge on any atom is -0.336 e. The summed E-state index contributed by atoms with van der Waals surface area (Å²) in [6, 6.07) is -1.61. The van der Waals surface area contributed by atoms with E-state index < -0.39 is 56.3 Å². The van der Waals surface area contributed by atoms with Crippen molar-refractivity contribution in [1.82, 2.24) is 21.3 Å². The van der Waals surface area contributed by atoms with Gasteiger partial charge in [-0.2, -0.15) is 0 Å². The summed E-state index contributed by atoms with van der Waals surface area (Å²) in [5, 5.41) is 8.18. The number of imide groups is 2. The van der Waals surface area contributed by atoms with E-state index in [1.54, 1.807) is 0 Å². The Bertz CT molecular complexity index is 608. The normalized spacial score (nSPS) is 33.6. The average molecular weight is 318 g/mol. The molecule has 0 aromatic carbocycles. The molecule has 21 heavy (non-hydrogen) atoms. The lowest BCUT2D eigenvalue weighted by molar-refractivity contribution is -0.123. The van der Waals surface area contributed by atoms with Gasteiger partial charge in [-0.15, -0.1) is 0 Å². The van der Waals surface area contributed by atoms with Crippen molar-refractivity contribution in [2.24, 2.45) is 0 Å². The maximum Gasteiger partial charge on any atom is 0.321 e. The summed E-state index contributed by atoms with van der Waals surface area (Å²) in [6.07, 6.45) is 0. The van der Waals surface area contributed by atoms with Crippen LogP contribution in [0.3, 0.4) is 0 Å². The van der Waals surface area contributed by atoms with Gasteiger partial charge in [0.2, 0.25) is 0 Å². The van der Waals surface area contributed by atoms with E-state index in [9.17, 15) is 27.6 Å². The summed E-state index contributed by atoms with van der Waals surface area (Å²) in [5.74, 6) is -2.03. The maximum absolute atomic E-state index is 12.8. The van der Waals surface area contributed by atoms with Gasteiger partial charge in [-0.25, -0.2) is 18.0 Å².